The number of nitrogen functional groups attached to an aromatic ring is 2. The van der Waals surface area contributed by atoms with Crippen LogP contribution in [0, 0.1) is 0 Å². The molecule has 0 heterocycles. The second-order valence-corrected chi connectivity index (χ2v) is 7.56. The molecule has 4 N–H and O–H groups in total. The van der Waals surface area contributed by atoms with Crippen molar-refractivity contribution < 1.29 is 32.5 Å². The Morgan fingerprint density at radius 3 is 2.17 bits per heavy atom. The van der Waals surface area contributed by atoms with Gasteiger partial charge in [0.25, 0.3) is 7.82 Å². The number of hydrogen-bond donors (Lipinski definition) is 2. The highest BCUT2D eigenvalue weighted by molar-refractivity contribution is 7.45. The number of anilines is 2. The number of carbonyl (C=O) groups excluding carboxylic acids is 1. The number of likely N-dealkylation sites (N-methyl/N-ethyl adjacent to an activating group) is 1. The van der Waals surface area contributed by atoms with Crippen molar-refractivity contribution in [1.82, 2.24) is 0 Å². The van der Waals surface area contributed by atoms with Gasteiger partial charge in [-0.3, -0.25) is 4.57 Å². The number of nitrogens with zero attached hydrogens (tertiary/aromatic N) is 1. The Labute approximate surface area is 141 Å². The van der Waals surface area contributed by atoms with Crippen molar-refractivity contribution in [3.8, 4) is 0 Å². The second kappa shape index (κ2) is 8.46. The second-order valence-electron chi connectivity index (χ2n) is 6.15. The Kier molecular flexibility index (Phi) is 7.19. The molecule has 0 aliphatic heterocycles. The first kappa shape index (κ1) is 20.4. The molecule has 10 heteroatoms. The maximum atomic E-state index is 11.8. The molecule has 9 nitrogen and oxygen atoms in total. The molecule has 0 saturated carbocycles. The van der Waals surface area contributed by atoms with E-state index in [-0.39, 0.29) is 25.4 Å². The Balaban J connectivity index is 2.34. The van der Waals surface area contributed by atoms with E-state index < -0.39 is 13.8 Å². The number of benzene rings is 1. The highest BCUT2D eigenvalue weighted by atomic mass is 31.2. The Morgan fingerprint density at radius 1 is 1.08 bits per heavy atom. The number of nitrogens with two attached hydrogens (primary N) is 2. The predicted octanol–water partition coefficient (Wildman–Crippen LogP) is 0.216. The van der Waals surface area contributed by atoms with Crippen molar-refractivity contribution in [2.75, 3.05) is 59.0 Å². The van der Waals surface area contributed by atoms with Gasteiger partial charge in [0, 0.05) is 11.4 Å². The Morgan fingerprint density at radius 2 is 1.62 bits per heavy atom. The molecule has 0 amide bonds. The van der Waals surface area contributed by atoms with Crippen LogP contribution in [0.25, 0.3) is 0 Å². The SMILES string of the molecule is C[N+](C)(C)CCOP(=O)([O-])OCCOC(=O)c1cc(N)cc(N)c1. The lowest BCUT2D eigenvalue weighted by molar-refractivity contribution is -0.870. The number of phosphoric ester groups is 1. The van der Waals surface area contributed by atoms with E-state index in [0.717, 1.165) is 0 Å². The smallest absolute Gasteiger partial charge is 0.338 e. The van der Waals surface area contributed by atoms with Gasteiger partial charge >= 0.3 is 5.97 Å². The maximum Gasteiger partial charge on any atom is 0.338 e. The standard InChI is InChI=1S/C14H24N3O6P/c1-17(2,3)4-5-22-24(19,20)23-7-6-21-14(18)11-8-12(15)10-13(16)9-11/h8-10H,4-7,15-16H2,1-3H3. The van der Waals surface area contributed by atoms with Crippen molar-refractivity contribution in [2.24, 2.45) is 0 Å². The van der Waals surface area contributed by atoms with Gasteiger partial charge in [-0.05, 0) is 18.2 Å². The van der Waals surface area contributed by atoms with Gasteiger partial charge in [-0.1, -0.05) is 0 Å². The number of phosphoric acid groups is 1. The van der Waals surface area contributed by atoms with Gasteiger partial charge in [0.15, 0.2) is 0 Å². The van der Waals surface area contributed by atoms with Crippen LogP contribution in [0.2, 0.25) is 0 Å². The highest BCUT2D eigenvalue weighted by Gasteiger charge is 2.14. The summed E-state index contributed by atoms with van der Waals surface area (Å²) < 4.78 is 26.3. The minimum atomic E-state index is -4.42. The third-order valence-corrected chi connectivity index (χ3v) is 3.79. The third-order valence-electron chi connectivity index (χ3n) is 2.79. The molecule has 0 fully saturated rings. The minimum Gasteiger partial charge on any atom is -0.756 e. The van der Waals surface area contributed by atoms with Crippen molar-refractivity contribution >= 4 is 25.2 Å². The van der Waals surface area contributed by atoms with Gasteiger partial charge in [0.05, 0.1) is 33.3 Å². The van der Waals surface area contributed by atoms with E-state index in [1.54, 1.807) is 0 Å². The van der Waals surface area contributed by atoms with Crippen LogP contribution in [0.3, 0.4) is 0 Å². The van der Waals surface area contributed by atoms with Crippen LogP contribution in [0.4, 0.5) is 11.4 Å². The molecule has 136 valence electrons. The Bertz CT molecular complexity index is 597. The number of quaternary nitrogens is 1. The average molecular weight is 361 g/mol. The zero-order chi connectivity index (χ0) is 18.4. The summed E-state index contributed by atoms with van der Waals surface area (Å²) >= 11 is 0. The van der Waals surface area contributed by atoms with Crippen LogP contribution >= 0.6 is 7.82 Å². The normalized spacial score (nSPS) is 14.2. The lowest BCUT2D eigenvalue weighted by Crippen LogP contribution is -2.37. The summed E-state index contributed by atoms with van der Waals surface area (Å²) in [5.41, 5.74) is 12.0. The fourth-order valence-electron chi connectivity index (χ4n) is 1.62. The van der Waals surface area contributed by atoms with Crippen LogP contribution in [0.15, 0.2) is 18.2 Å². The van der Waals surface area contributed by atoms with Gasteiger partial charge in [-0.15, -0.1) is 0 Å². The molecule has 1 unspecified atom stereocenters. The largest absolute Gasteiger partial charge is 0.756 e. The van der Waals surface area contributed by atoms with Crippen molar-refractivity contribution in [1.29, 1.82) is 0 Å². The first-order valence-corrected chi connectivity index (χ1v) is 8.68. The minimum absolute atomic E-state index is 0.00658. The number of rotatable bonds is 9. The summed E-state index contributed by atoms with van der Waals surface area (Å²) in [7, 11) is 1.30. The molecule has 24 heavy (non-hydrogen) atoms. The molecule has 0 radical (unpaired) electrons. The first-order chi connectivity index (χ1) is 11.0. The fourth-order valence-corrected chi connectivity index (χ4v) is 2.30. The molecule has 0 spiro atoms. The van der Waals surface area contributed by atoms with Crippen LogP contribution in [-0.2, 0) is 18.3 Å². The van der Waals surface area contributed by atoms with Crippen LogP contribution in [-0.4, -0.2) is 58.0 Å². The van der Waals surface area contributed by atoms with E-state index in [9.17, 15) is 14.3 Å². The molecule has 0 aliphatic carbocycles. The summed E-state index contributed by atoms with van der Waals surface area (Å²) in [6.45, 7) is -0.0821. The zero-order valence-electron chi connectivity index (χ0n) is 14.1. The monoisotopic (exact) mass is 361 g/mol. The molecule has 1 aromatic rings. The molecule has 0 aromatic heterocycles. The lowest BCUT2D eigenvalue weighted by atomic mass is 10.2. The summed E-state index contributed by atoms with van der Waals surface area (Å²) in [4.78, 5) is 23.3. The fraction of sp³-hybridized carbons (Fsp3) is 0.500. The Hall–Kier alpha value is -1.64. The molecule has 0 bridgehead atoms. The summed E-state index contributed by atoms with van der Waals surface area (Å²) in [6.07, 6.45) is 0. The quantitative estimate of drug-likeness (QED) is 0.209. The lowest BCUT2D eigenvalue weighted by Gasteiger charge is -2.27. The van der Waals surface area contributed by atoms with E-state index in [1.165, 1.54) is 18.2 Å². The van der Waals surface area contributed by atoms with Gasteiger partial charge < -0.3 is 34.6 Å². The molecule has 1 rings (SSSR count). The van der Waals surface area contributed by atoms with Crippen LogP contribution in [0.1, 0.15) is 10.4 Å². The van der Waals surface area contributed by atoms with Gasteiger partial charge in [0.1, 0.15) is 19.8 Å². The molecule has 0 saturated heterocycles. The molecular weight excluding hydrogens is 337 g/mol. The van der Waals surface area contributed by atoms with Crippen molar-refractivity contribution in [3.63, 3.8) is 0 Å². The van der Waals surface area contributed by atoms with Crippen molar-refractivity contribution in [3.05, 3.63) is 23.8 Å². The highest BCUT2D eigenvalue weighted by Crippen LogP contribution is 2.37. The maximum absolute atomic E-state index is 11.8. The van der Waals surface area contributed by atoms with Crippen LogP contribution in [0.5, 0.6) is 0 Å². The summed E-state index contributed by atoms with van der Waals surface area (Å²) in [6, 6.07) is 4.32. The van der Waals surface area contributed by atoms with E-state index in [2.05, 4.69) is 4.52 Å². The van der Waals surface area contributed by atoms with E-state index in [1.807, 2.05) is 21.1 Å². The third kappa shape index (κ3) is 8.28. The first-order valence-electron chi connectivity index (χ1n) is 7.22. The molecular formula is C14H24N3O6P. The van der Waals surface area contributed by atoms with Crippen molar-refractivity contribution in [2.45, 2.75) is 0 Å². The topological polar surface area (TPSA) is 137 Å². The van der Waals surface area contributed by atoms with E-state index in [0.29, 0.717) is 22.4 Å². The van der Waals surface area contributed by atoms with E-state index >= 15 is 0 Å². The molecule has 1 atom stereocenters. The average Bonchev–Trinajstić information content (AvgIpc) is 2.40. The predicted molar refractivity (Wildman–Crippen MR) is 88.0 cm³/mol. The van der Waals surface area contributed by atoms with Gasteiger partial charge in [0.2, 0.25) is 0 Å². The number of ether oxygens (including phenoxy) is 1. The molecule has 0 aliphatic rings. The van der Waals surface area contributed by atoms with Gasteiger partial charge in [-0.25, -0.2) is 4.79 Å². The van der Waals surface area contributed by atoms with E-state index in [4.69, 9.17) is 20.7 Å². The number of carbonyl (C=O) groups is 1. The number of esters is 1. The summed E-state index contributed by atoms with van der Waals surface area (Å²) in [5, 5.41) is 0. The van der Waals surface area contributed by atoms with Crippen LogP contribution < -0.4 is 16.4 Å². The molecule has 1 aromatic carbocycles. The zero-order valence-corrected chi connectivity index (χ0v) is 15.0. The van der Waals surface area contributed by atoms with Gasteiger partial charge in [-0.2, -0.15) is 0 Å². The summed E-state index contributed by atoms with van der Waals surface area (Å²) in [5.74, 6) is -0.677. The number of hydrogen-bond acceptors (Lipinski definition) is 8.